The fourth-order valence-electron chi connectivity index (χ4n) is 2.13. The Morgan fingerprint density at radius 2 is 2.08 bits per heavy atom. The number of hydrogen-bond donors (Lipinski definition) is 1. The average Bonchev–Trinajstić information content (AvgIpc) is 2.64. The molecule has 0 fully saturated rings. The Balaban J connectivity index is 1.69. The zero-order valence-corrected chi connectivity index (χ0v) is 14.0. The minimum atomic E-state index is 0.463. The van der Waals surface area contributed by atoms with E-state index in [0.717, 1.165) is 36.6 Å². The van der Waals surface area contributed by atoms with Crippen LogP contribution < -0.4 is 19.5 Å². The minimum Gasteiger partial charge on any atom is -0.493 e. The Bertz CT molecular complexity index is 617. The monoisotopic (exact) mass is 328 g/mol. The van der Waals surface area contributed by atoms with Crippen molar-refractivity contribution in [3.8, 4) is 17.4 Å². The van der Waals surface area contributed by atoms with Crippen LogP contribution in [0.2, 0.25) is 0 Å². The molecule has 24 heavy (non-hydrogen) atoms. The molecule has 2 rings (SSSR count). The van der Waals surface area contributed by atoms with Gasteiger partial charge in [0.25, 0.3) is 0 Å². The van der Waals surface area contributed by atoms with Gasteiger partial charge in [0.2, 0.25) is 5.88 Å². The van der Waals surface area contributed by atoms with Gasteiger partial charge in [0, 0.05) is 18.8 Å². The van der Waals surface area contributed by atoms with Gasteiger partial charge >= 0.3 is 0 Å². The number of methoxy groups -OCH3 is 1. The summed E-state index contributed by atoms with van der Waals surface area (Å²) in [4.78, 5) is 4.12. The first-order valence-electron chi connectivity index (χ1n) is 7.98. The summed E-state index contributed by atoms with van der Waals surface area (Å²) in [5.41, 5.74) is 1.14. The molecular formula is C19H24N2O3. The lowest BCUT2D eigenvalue weighted by atomic mass is 10.2. The van der Waals surface area contributed by atoms with E-state index in [4.69, 9.17) is 14.2 Å². The summed E-state index contributed by atoms with van der Waals surface area (Å²) in [6, 6.07) is 11.6. The number of pyridine rings is 1. The molecular weight excluding hydrogens is 304 g/mol. The van der Waals surface area contributed by atoms with Gasteiger partial charge < -0.3 is 19.5 Å². The molecule has 5 heteroatoms. The maximum atomic E-state index is 5.55. The zero-order chi connectivity index (χ0) is 17.0. The summed E-state index contributed by atoms with van der Waals surface area (Å²) in [7, 11) is 1.64. The predicted molar refractivity (Wildman–Crippen MR) is 94.7 cm³/mol. The molecule has 0 atom stereocenters. The standard InChI is InChI=1S/C19H24N2O3/c1-3-12-23-17-9-8-16(14-18(17)22-2)15-20-10-6-13-24-19-7-4-5-11-21-19/h3-5,7-9,11,14,20H,1,6,10,12-13,15H2,2H3. The van der Waals surface area contributed by atoms with Crippen LogP contribution in [-0.4, -0.2) is 31.9 Å². The van der Waals surface area contributed by atoms with E-state index >= 15 is 0 Å². The van der Waals surface area contributed by atoms with E-state index in [1.165, 1.54) is 0 Å². The van der Waals surface area contributed by atoms with Crippen molar-refractivity contribution < 1.29 is 14.2 Å². The molecule has 0 spiro atoms. The largest absolute Gasteiger partial charge is 0.493 e. The third kappa shape index (κ3) is 5.93. The number of aromatic nitrogens is 1. The molecule has 1 aromatic carbocycles. The normalized spacial score (nSPS) is 10.2. The van der Waals surface area contributed by atoms with E-state index in [1.807, 2.05) is 36.4 Å². The number of nitrogens with one attached hydrogen (secondary N) is 1. The Labute approximate surface area is 143 Å². The van der Waals surface area contributed by atoms with Crippen LogP contribution in [0.5, 0.6) is 17.4 Å². The Morgan fingerprint density at radius 3 is 2.83 bits per heavy atom. The van der Waals surface area contributed by atoms with Crippen molar-refractivity contribution in [2.75, 3.05) is 26.9 Å². The van der Waals surface area contributed by atoms with Crippen molar-refractivity contribution in [3.63, 3.8) is 0 Å². The second-order valence-corrected chi connectivity index (χ2v) is 5.13. The van der Waals surface area contributed by atoms with Gasteiger partial charge in [-0.2, -0.15) is 0 Å². The number of hydrogen-bond acceptors (Lipinski definition) is 5. The first-order chi connectivity index (χ1) is 11.8. The Hall–Kier alpha value is -2.53. The average molecular weight is 328 g/mol. The van der Waals surface area contributed by atoms with Gasteiger partial charge in [0.05, 0.1) is 13.7 Å². The minimum absolute atomic E-state index is 0.463. The molecule has 128 valence electrons. The predicted octanol–water partition coefficient (Wildman–Crippen LogP) is 3.21. The second-order valence-electron chi connectivity index (χ2n) is 5.13. The van der Waals surface area contributed by atoms with Crippen LogP contribution in [0.3, 0.4) is 0 Å². The molecule has 0 radical (unpaired) electrons. The highest BCUT2D eigenvalue weighted by molar-refractivity contribution is 5.43. The zero-order valence-electron chi connectivity index (χ0n) is 14.0. The van der Waals surface area contributed by atoms with E-state index < -0.39 is 0 Å². The quantitative estimate of drug-likeness (QED) is 0.507. The van der Waals surface area contributed by atoms with Gasteiger partial charge in [0.1, 0.15) is 6.61 Å². The highest BCUT2D eigenvalue weighted by atomic mass is 16.5. The smallest absolute Gasteiger partial charge is 0.213 e. The van der Waals surface area contributed by atoms with Crippen LogP contribution >= 0.6 is 0 Å². The topological polar surface area (TPSA) is 52.6 Å². The lowest BCUT2D eigenvalue weighted by molar-refractivity contribution is 0.296. The molecule has 0 aliphatic heterocycles. The van der Waals surface area contributed by atoms with E-state index in [0.29, 0.717) is 19.1 Å². The third-order valence-corrected chi connectivity index (χ3v) is 3.30. The molecule has 1 aromatic heterocycles. The number of nitrogens with zero attached hydrogens (tertiary/aromatic N) is 1. The van der Waals surface area contributed by atoms with E-state index in [-0.39, 0.29) is 0 Å². The van der Waals surface area contributed by atoms with Crippen LogP contribution in [0.25, 0.3) is 0 Å². The lowest BCUT2D eigenvalue weighted by Gasteiger charge is -2.11. The molecule has 0 unspecified atom stereocenters. The van der Waals surface area contributed by atoms with Crippen LogP contribution in [0.4, 0.5) is 0 Å². The fraction of sp³-hybridized carbons (Fsp3) is 0.316. The molecule has 0 saturated heterocycles. The second kappa shape index (κ2) is 10.3. The molecule has 0 bridgehead atoms. The number of ether oxygens (including phenoxy) is 3. The van der Waals surface area contributed by atoms with Gasteiger partial charge in [-0.15, -0.1) is 0 Å². The molecule has 1 N–H and O–H groups in total. The van der Waals surface area contributed by atoms with Crippen molar-refractivity contribution in [1.29, 1.82) is 0 Å². The van der Waals surface area contributed by atoms with Gasteiger partial charge in [-0.3, -0.25) is 0 Å². The van der Waals surface area contributed by atoms with Crippen LogP contribution in [-0.2, 0) is 6.54 Å². The van der Waals surface area contributed by atoms with Crippen molar-refractivity contribution in [2.45, 2.75) is 13.0 Å². The van der Waals surface area contributed by atoms with Crippen LogP contribution in [0, 0.1) is 0 Å². The molecule has 2 aromatic rings. The summed E-state index contributed by atoms with van der Waals surface area (Å²) in [6.07, 6.45) is 4.35. The van der Waals surface area contributed by atoms with Crippen molar-refractivity contribution in [3.05, 3.63) is 60.8 Å². The van der Waals surface area contributed by atoms with E-state index in [1.54, 1.807) is 19.4 Å². The summed E-state index contributed by atoms with van der Waals surface area (Å²) in [6.45, 7) is 6.38. The SMILES string of the molecule is C=CCOc1ccc(CNCCCOc2ccccn2)cc1OC. The van der Waals surface area contributed by atoms with Crippen LogP contribution in [0.1, 0.15) is 12.0 Å². The number of benzene rings is 1. The van der Waals surface area contributed by atoms with Gasteiger partial charge in [0.15, 0.2) is 11.5 Å². The maximum absolute atomic E-state index is 5.55. The van der Waals surface area contributed by atoms with Crippen molar-refractivity contribution >= 4 is 0 Å². The van der Waals surface area contributed by atoms with Crippen molar-refractivity contribution in [1.82, 2.24) is 10.3 Å². The first kappa shape index (κ1) is 17.8. The van der Waals surface area contributed by atoms with Crippen LogP contribution in [0.15, 0.2) is 55.3 Å². The van der Waals surface area contributed by atoms with Crippen molar-refractivity contribution in [2.24, 2.45) is 0 Å². The summed E-state index contributed by atoms with van der Waals surface area (Å²) in [5.74, 6) is 2.12. The molecule has 1 heterocycles. The maximum Gasteiger partial charge on any atom is 0.213 e. The Morgan fingerprint density at radius 1 is 1.17 bits per heavy atom. The first-order valence-corrected chi connectivity index (χ1v) is 7.98. The van der Waals surface area contributed by atoms with E-state index in [2.05, 4.69) is 16.9 Å². The molecule has 0 amide bonds. The summed E-state index contributed by atoms with van der Waals surface area (Å²) in [5, 5.41) is 3.39. The lowest BCUT2D eigenvalue weighted by Crippen LogP contribution is -2.17. The van der Waals surface area contributed by atoms with Gasteiger partial charge in [-0.1, -0.05) is 24.8 Å². The molecule has 0 saturated carbocycles. The molecule has 0 aliphatic rings. The molecule has 5 nitrogen and oxygen atoms in total. The highest BCUT2D eigenvalue weighted by Gasteiger charge is 2.05. The van der Waals surface area contributed by atoms with Gasteiger partial charge in [-0.05, 0) is 36.7 Å². The fourth-order valence-corrected chi connectivity index (χ4v) is 2.13. The summed E-state index contributed by atoms with van der Waals surface area (Å²) < 4.78 is 16.5. The third-order valence-electron chi connectivity index (χ3n) is 3.30. The Kier molecular flexibility index (Phi) is 7.63. The number of rotatable bonds is 11. The van der Waals surface area contributed by atoms with Gasteiger partial charge in [-0.25, -0.2) is 4.98 Å². The van der Waals surface area contributed by atoms with E-state index in [9.17, 15) is 0 Å². The highest BCUT2D eigenvalue weighted by Crippen LogP contribution is 2.28. The summed E-state index contributed by atoms with van der Waals surface area (Å²) >= 11 is 0. The molecule has 0 aliphatic carbocycles.